The molecular weight excluding hydrogens is 238 g/mol. The Hall–Kier alpha value is -1.22. The molecule has 3 nitrogen and oxygen atoms in total. The molecule has 2 aliphatic rings. The minimum atomic E-state index is 0.186. The van der Waals surface area contributed by atoms with Crippen LogP contribution >= 0.6 is 0 Å². The highest BCUT2D eigenvalue weighted by Crippen LogP contribution is 2.43. The number of anilines is 1. The van der Waals surface area contributed by atoms with Gasteiger partial charge in [0.05, 0.1) is 17.4 Å². The van der Waals surface area contributed by atoms with Gasteiger partial charge in [0.15, 0.2) is 0 Å². The Morgan fingerprint density at radius 1 is 1.32 bits per heavy atom. The summed E-state index contributed by atoms with van der Waals surface area (Å²) in [7, 11) is 0. The minimum Gasteiger partial charge on any atom is -0.488 e. The molecule has 2 fully saturated rings. The summed E-state index contributed by atoms with van der Waals surface area (Å²) in [5.41, 5.74) is 7.95. The first-order valence-electron chi connectivity index (χ1n) is 7.34. The van der Waals surface area contributed by atoms with Gasteiger partial charge in [-0.3, -0.25) is 0 Å². The van der Waals surface area contributed by atoms with Crippen molar-refractivity contribution in [1.82, 2.24) is 0 Å². The fourth-order valence-electron chi connectivity index (χ4n) is 3.45. The van der Waals surface area contributed by atoms with Gasteiger partial charge in [0.1, 0.15) is 12.4 Å². The van der Waals surface area contributed by atoms with Gasteiger partial charge in [0.25, 0.3) is 0 Å². The second kappa shape index (κ2) is 5.04. The van der Waals surface area contributed by atoms with E-state index in [9.17, 15) is 0 Å². The van der Waals surface area contributed by atoms with E-state index in [2.05, 4.69) is 0 Å². The Morgan fingerprint density at radius 2 is 2.11 bits per heavy atom. The SMILES string of the molecule is Cc1cccc(N)c1OCC1CCC2(CCCC2)O1. The van der Waals surface area contributed by atoms with E-state index in [1.54, 1.807) is 0 Å². The monoisotopic (exact) mass is 261 g/mol. The number of rotatable bonds is 3. The lowest BCUT2D eigenvalue weighted by atomic mass is 9.98. The number of aryl methyl sites for hydroxylation is 1. The smallest absolute Gasteiger partial charge is 0.145 e. The number of nitrogens with two attached hydrogens (primary N) is 1. The first kappa shape index (κ1) is 12.8. The van der Waals surface area contributed by atoms with E-state index >= 15 is 0 Å². The molecule has 0 bridgehead atoms. The maximum atomic E-state index is 6.25. The van der Waals surface area contributed by atoms with Crippen molar-refractivity contribution in [1.29, 1.82) is 0 Å². The third-order valence-electron chi connectivity index (χ3n) is 4.51. The Morgan fingerprint density at radius 3 is 2.84 bits per heavy atom. The van der Waals surface area contributed by atoms with Gasteiger partial charge in [0, 0.05) is 0 Å². The summed E-state index contributed by atoms with van der Waals surface area (Å²) in [6.45, 7) is 2.65. The molecule has 1 unspecified atom stereocenters. The average Bonchev–Trinajstić information content (AvgIpc) is 3.00. The van der Waals surface area contributed by atoms with Crippen LogP contribution in [0.3, 0.4) is 0 Å². The van der Waals surface area contributed by atoms with Gasteiger partial charge in [-0.15, -0.1) is 0 Å². The number of benzene rings is 1. The van der Waals surface area contributed by atoms with E-state index in [0.717, 1.165) is 17.7 Å². The standard InChI is InChI=1S/C16H23NO2/c1-12-5-4-6-14(17)15(12)18-11-13-7-10-16(19-13)8-2-3-9-16/h4-6,13H,2-3,7-11,17H2,1H3. The summed E-state index contributed by atoms with van der Waals surface area (Å²) in [6, 6.07) is 5.87. The van der Waals surface area contributed by atoms with Crippen LogP contribution in [0, 0.1) is 6.92 Å². The van der Waals surface area contributed by atoms with Crippen LogP contribution in [0.25, 0.3) is 0 Å². The number of para-hydroxylation sites is 1. The van der Waals surface area contributed by atoms with E-state index < -0.39 is 0 Å². The summed E-state index contributed by atoms with van der Waals surface area (Å²) in [6.07, 6.45) is 7.65. The number of hydrogen-bond acceptors (Lipinski definition) is 3. The Labute approximate surface area is 115 Å². The lowest BCUT2D eigenvalue weighted by molar-refractivity contribution is -0.0508. The zero-order valence-electron chi connectivity index (χ0n) is 11.7. The molecule has 3 heteroatoms. The van der Waals surface area contributed by atoms with E-state index in [4.69, 9.17) is 15.2 Å². The molecule has 1 atom stereocenters. The topological polar surface area (TPSA) is 44.5 Å². The van der Waals surface area contributed by atoms with Gasteiger partial charge in [-0.05, 0) is 44.2 Å². The van der Waals surface area contributed by atoms with E-state index in [0.29, 0.717) is 12.3 Å². The maximum absolute atomic E-state index is 6.25. The van der Waals surface area contributed by atoms with Crippen molar-refractivity contribution in [2.24, 2.45) is 0 Å². The second-order valence-corrected chi connectivity index (χ2v) is 5.97. The molecule has 1 aromatic rings. The number of ether oxygens (including phenoxy) is 2. The molecule has 19 heavy (non-hydrogen) atoms. The van der Waals surface area contributed by atoms with E-state index in [-0.39, 0.29) is 11.7 Å². The first-order valence-corrected chi connectivity index (χ1v) is 7.34. The minimum absolute atomic E-state index is 0.186. The molecule has 0 radical (unpaired) electrons. The summed E-state index contributed by atoms with van der Waals surface area (Å²) < 4.78 is 12.1. The van der Waals surface area contributed by atoms with Gasteiger partial charge in [-0.1, -0.05) is 25.0 Å². The van der Waals surface area contributed by atoms with Crippen molar-refractivity contribution >= 4 is 5.69 Å². The molecule has 1 saturated carbocycles. The van der Waals surface area contributed by atoms with Gasteiger partial charge in [0.2, 0.25) is 0 Å². The van der Waals surface area contributed by atoms with E-state index in [1.807, 2.05) is 25.1 Å². The third-order valence-corrected chi connectivity index (χ3v) is 4.51. The zero-order chi connectivity index (χ0) is 13.3. The Bertz CT molecular complexity index is 432. The van der Waals surface area contributed by atoms with Crippen molar-refractivity contribution in [2.45, 2.75) is 57.2 Å². The van der Waals surface area contributed by atoms with Crippen LogP contribution in [0.5, 0.6) is 5.75 Å². The molecule has 0 aromatic heterocycles. The molecule has 104 valence electrons. The Kier molecular flexibility index (Phi) is 3.40. The second-order valence-electron chi connectivity index (χ2n) is 5.97. The van der Waals surface area contributed by atoms with Crippen LogP contribution < -0.4 is 10.5 Å². The zero-order valence-corrected chi connectivity index (χ0v) is 11.7. The van der Waals surface area contributed by atoms with Crippen LogP contribution in [0.4, 0.5) is 5.69 Å². The molecule has 2 N–H and O–H groups in total. The number of nitrogen functional groups attached to an aromatic ring is 1. The van der Waals surface area contributed by atoms with E-state index in [1.165, 1.54) is 32.1 Å². The first-order chi connectivity index (χ1) is 9.19. The van der Waals surface area contributed by atoms with Crippen molar-refractivity contribution < 1.29 is 9.47 Å². The predicted octanol–water partition coefficient (Wildman–Crippen LogP) is 3.45. The highest BCUT2D eigenvalue weighted by molar-refractivity contribution is 5.56. The molecule has 1 heterocycles. The predicted molar refractivity (Wildman–Crippen MR) is 76.4 cm³/mol. The van der Waals surface area contributed by atoms with Crippen LogP contribution in [-0.4, -0.2) is 18.3 Å². The normalized spacial score (nSPS) is 25.0. The van der Waals surface area contributed by atoms with Crippen LogP contribution in [0.1, 0.15) is 44.1 Å². The van der Waals surface area contributed by atoms with Crippen molar-refractivity contribution in [3.63, 3.8) is 0 Å². The van der Waals surface area contributed by atoms with Gasteiger partial charge in [-0.2, -0.15) is 0 Å². The van der Waals surface area contributed by atoms with Crippen molar-refractivity contribution in [3.8, 4) is 5.75 Å². The molecule has 1 aromatic carbocycles. The summed E-state index contributed by atoms with van der Waals surface area (Å²) in [4.78, 5) is 0. The van der Waals surface area contributed by atoms with Crippen LogP contribution in [0.2, 0.25) is 0 Å². The quantitative estimate of drug-likeness (QED) is 0.848. The highest BCUT2D eigenvalue weighted by atomic mass is 16.6. The molecule has 1 aliphatic carbocycles. The maximum Gasteiger partial charge on any atom is 0.145 e. The highest BCUT2D eigenvalue weighted by Gasteiger charge is 2.42. The fraction of sp³-hybridized carbons (Fsp3) is 0.625. The molecular formula is C16H23NO2. The van der Waals surface area contributed by atoms with Gasteiger partial charge < -0.3 is 15.2 Å². The summed E-state index contributed by atoms with van der Waals surface area (Å²) in [5.74, 6) is 0.818. The van der Waals surface area contributed by atoms with Crippen LogP contribution in [-0.2, 0) is 4.74 Å². The average molecular weight is 261 g/mol. The van der Waals surface area contributed by atoms with Crippen LogP contribution in [0.15, 0.2) is 18.2 Å². The molecule has 0 amide bonds. The molecule has 1 aliphatic heterocycles. The molecule has 3 rings (SSSR count). The lowest BCUT2D eigenvalue weighted by Crippen LogP contribution is -2.27. The fourth-order valence-corrected chi connectivity index (χ4v) is 3.45. The summed E-state index contributed by atoms with van der Waals surface area (Å²) >= 11 is 0. The Balaban J connectivity index is 1.59. The van der Waals surface area contributed by atoms with Gasteiger partial charge >= 0.3 is 0 Å². The molecule has 1 spiro atoms. The van der Waals surface area contributed by atoms with Crippen molar-refractivity contribution in [2.75, 3.05) is 12.3 Å². The van der Waals surface area contributed by atoms with Gasteiger partial charge in [-0.25, -0.2) is 0 Å². The summed E-state index contributed by atoms with van der Waals surface area (Å²) in [5, 5.41) is 0. The molecule has 1 saturated heterocycles. The largest absolute Gasteiger partial charge is 0.488 e. The number of hydrogen-bond donors (Lipinski definition) is 1. The third kappa shape index (κ3) is 2.57. The lowest BCUT2D eigenvalue weighted by Gasteiger charge is -2.24. The van der Waals surface area contributed by atoms with Crippen molar-refractivity contribution in [3.05, 3.63) is 23.8 Å².